The van der Waals surface area contributed by atoms with E-state index in [1.807, 2.05) is 0 Å². The number of anilines is 1. The largest absolute Gasteiger partial charge is 0.476 e. The highest BCUT2D eigenvalue weighted by molar-refractivity contribution is 5.92. The fraction of sp³-hybridized carbons (Fsp3) is 0.500. The lowest BCUT2D eigenvalue weighted by Crippen LogP contribution is -2.13. The van der Waals surface area contributed by atoms with Crippen molar-refractivity contribution >= 4 is 24.1 Å². The summed E-state index contributed by atoms with van der Waals surface area (Å²) in [5.41, 5.74) is 2.29. The first kappa shape index (κ1) is 15.6. The van der Waals surface area contributed by atoms with Gasteiger partial charge in [0.1, 0.15) is 0 Å². The zero-order valence-electron chi connectivity index (χ0n) is 8.95. The number of carboxylic acids is 1. The zero-order chi connectivity index (χ0) is 12.7. The Bertz CT molecular complexity index is 428. The van der Waals surface area contributed by atoms with Gasteiger partial charge in [-0.15, -0.1) is 12.4 Å². The van der Waals surface area contributed by atoms with Gasteiger partial charge in [0.05, 0.1) is 5.69 Å². The lowest BCUT2D eigenvalue weighted by atomic mass is 10.2. The van der Waals surface area contributed by atoms with Crippen LogP contribution in [0, 0.1) is 0 Å². The van der Waals surface area contributed by atoms with Gasteiger partial charge in [-0.1, -0.05) is 0 Å². The molecule has 0 saturated heterocycles. The molecule has 1 rings (SSSR count). The van der Waals surface area contributed by atoms with Crippen LogP contribution in [0.15, 0.2) is 0 Å². The number of hydrogen-bond donors (Lipinski definition) is 2. The molecule has 98 valence electrons. The van der Waals surface area contributed by atoms with E-state index in [0.29, 0.717) is 0 Å². The fourth-order valence-electron chi connectivity index (χ4n) is 1.24. The summed E-state index contributed by atoms with van der Waals surface area (Å²) in [5, 5.41) is 12.0. The smallest absolute Gasteiger partial charge is 0.437 e. The monoisotopic (exact) mass is 273 g/mol. The maximum Gasteiger partial charge on any atom is 0.437 e. The summed E-state index contributed by atoms with van der Waals surface area (Å²) < 4.78 is 38.0. The van der Waals surface area contributed by atoms with E-state index in [9.17, 15) is 18.0 Å². The molecule has 1 heterocycles. The first-order chi connectivity index (χ1) is 7.16. The number of carbonyl (C=O) groups is 1. The van der Waals surface area contributed by atoms with Gasteiger partial charge in [-0.05, 0) is 13.8 Å². The van der Waals surface area contributed by atoms with Crippen molar-refractivity contribution in [3.63, 3.8) is 0 Å². The van der Waals surface area contributed by atoms with Crippen LogP contribution in [-0.4, -0.2) is 20.9 Å². The van der Waals surface area contributed by atoms with E-state index < -0.39 is 35.3 Å². The van der Waals surface area contributed by atoms with Gasteiger partial charge in [0.15, 0.2) is 11.4 Å². The fourth-order valence-corrected chi connectivity index (χ4v) is 1.24. The molecule has 0 spiro atoms. The van der Waals surface area contributed by atoms with Crippen molar-refractivity contribution in [2.45, 2.75) is 26.1 Å². The highest BCUT2D eigenvalue weighted by atomic mass is 35.5. The SMILES string of the molecule is CC(C)n1nc(C(F)(F)F)c(N)c1C(=O)O.Cl. The van der Waals surface area contributed by atoms with Crippen LogP contribution in [0.2, 0.25) is 0 Å². The second kappa shape index (κ2) is 4.82. The third-order valence-corrected chi connectivity index (χ3v) is 1.91. The predicted molar refractivity (Wildman–Crippen MR) is 56.2 cm³/mol. The molecule has 0 aliphatic carbocycles. The molecular weight excluding hydrogens is 263 g/mol. The van der Waals surface area contributed by atoms with Crippen molar-refractivity contribution in [1.82, 2.24) is 9.78 Å². The molecule has 9 heteroatoms. The number of nitrogen functional groups attached to an aromatic ring is 1. The number of alkyl halides is 3. The number of nitrogens with two attached hydrogens (primary N) is 1. The summed E-state index contributed by atoms with van der Waals surface area (Å²) in [6, 6.07) is -0.524. The molecule has 0 saturated carbocycles. The summed E-state index contributed by atoms with van der Waals surface area (Å²) in [6.45, 7) is 3.03. The number of aromatic nitrogens is 2. The van der Waals surface area contributed by atoms with Gasteiger partial charge in [-0.25, -0.2) is 4.79 Å². The lowest BCUT2D eigenvalue weighted by Gasteiger charge is -2.07. The Morgan fingerprint density at radius 1 is 1.47 bits per heavy atom. The van der Waals surface area contributed by atoms with Crippen LogP contribution < -0.4 is 5.73 Å². The molecule has 0 aromatic carbocycles. The normalized spacial score (nSPS) is 11.4. The third-order valence-electron chi connectivity index (χ3n) is 1.91. The minimum absolute atomic E-state index is 0. The minimum atomic E-state index is -4.76. The van der Waals surface area contributed by atoms with Crippen molar-refractivity contribution in [3.8, 4) is 0 Å². The van der Waals surface area contributed by atoms with Crippen molar-refractivity contribution < 1.29 is 23.1 Å². The Kier molecular flexibility index (Phi) is 4.41. The van der Waals surface area contributed by atoms with Crippen LogP contribution in [0.5, 0.6) is 0 Å². The first-order valence-corrected chi connectivity index (χ1v) is 4.34. The molecule has 0 aliphatic heterocycles. The number of rotatable bonds is 2. The van der Waals surface area contributed by atoms with Gasteiger partial charge in [-0.2, -0.15) is 18.3 Å². The van der Waals surface area contributed by atoms with Gasteiger partial charge in [0.25, 0.3) is 0 Å². The lowest BCUT2D eigenvalue weighted by molar-refractivity contribution is -0.140. The maximum atomic E-state index is 12.4. The Labute approximate surface area is 101 Å². The maximum absolute atomic E-state index is 12.4. The van der Waals surface area contributed by atoms with E-state index in [2.05, 4.69) is 5.10 Å². The second-order valence-electron chi connectivity index (χ2n) is 3.45. The second-order valence-corrected chi connectivity index (χ2v) is 3.45. The van der Waals surface area contributed by atoms with E-state index in [1.165, 1.54) is 13.8 Å². The van der Waals surface area contributed by atoms with Gasteiger partial charge in [0.2, 0.25) is 0 Å². The molecule has 0 amide bonds. The number of halogens is 4. The summed E-state index contributed by atoms with van der Waals surface area (Å²) >= 11 is 0. The van der Waals surface area contributed by atoms with Crippen LogP contribution in [0.3, 0.4) is 0 Å². The number of carboxylic acid groups (broad SMARTS) is 1. The number of nitrogens with zero attached hydrogens (tertiary/aromatic N) is 2. The summed E-state index contributed by atoms with van der Waals surface area (Å²) in [4.78, 5) is 10.8. The van der Waals surface area contributed by atoms with Crippen molar-refractivity contribution in [2.24, 2.45) is 0 Å². The van der Waals surface area contributed by atoms with Crippen molar-refractivity contribution in [1.29, 1.82) is 0 Å². The minimum Gasteiger partial charge on any atom is -0.476 e. The molecule has 0 fully saturated rings. The molecule has 3 N–H and O–H groups in total. The Morgan fingerprint density at radius 3 is 2.18 bits per heavy atom. The van der Waals surface area contributed by atoms with Crippen molar-refractivity contribution in [3.05, 3.63) is 11.4 Å². The third kappa shape index (κ3) is 2.82. The van der Waals surface area contributed by atoms with Gasteiger partial charge >= 0.3 is 12.1 Å². The Morgan fingerprint density at radius 2 is 1.94 bits per heavy atom. The first-order valence-electron chi connectivity index (χ1n) is 4.34. The molecule has 0 radical (unpaired) electrons. The molecule has 17 heavy (non-hydrogen) atoms. The van der Waals surface area contributed by atoms with Crippen LogP contribution in [-0.2, 0) is 6.18 Å². The van der Waals surface area contributed by atoms with Crippen molar-refractivity contribution in [2.75, 3.05) is 5.73 Å². The zero-order valence-corrected chi connectivity index (χ0v) is 9.76. The van der Waals surface area contributed by atoms with Gasteiger partial charge < -0.3 is 10.8 Å². The van der Waals surface area contributed by atoms with Crippen LogP contribution in [0.4, 0.5) is 18.9 Å². The highest BCUT2D eigenvalue weighted by Crippen LogP contribution is 2.35. The predicted octanol–water partition coefficient (Wildman–Crippen LogP) is 2.19. The number of hydrogen-bond acceptors (Lipinski definition) is 3. The average molecular weight is 274 g/mol. The molecule has 0 aliphatic rings. The van der Waals surface area contributed by atoms with E-state index in [0.717, 1.165) is 4.68 Å². The molecule has 0 atom stereocenters. The molecular formula is C8H11ClF3N3O2. The van der Waals surface area contributed by atoms with Gasteiger partial charge in [-0.3, -0.25) is 4.68 Å². The summed E-state index contributed by atoms with van der Waals surface area (Å²) in [7, 11) is 0. The van der Waals surface area contributed by atoms with Crippen LogP contribution >= 0.6 is 12.4 Å². The molecule has 0 bridgehead atoms. The number of aromatic carboxylic acids is 1. The summed E-state index contributed by atoms with van der Waals surface area (Å²) in [5.74, 6) is -1.53. The van der Waals surface area contributed by atoms with Crippen LogP contribution in [0.1, 0.15) is 36.1 Å². The topological polar surface area (TPSA) is 81.1 Å². The average Bonchev–Trinajstić information content (AvgIpc) is 2.41. The highest BCUT2D eigenvalue weighted by Gasteiger charge is 2.40. The standard InChI is InChI=1S/C8H10F3N3O2.ClH/c1-3(2)14-5(7(15)16)4(12)6(13-14)8(9,10)11;/h3H,12H2,1-2H3,(H,15,16);1H. The van der Waals surface area contributed by atoms with E-state index >= 15 is 0 Å². The van der Waals surface area contributed by atoms with Gasteiger partial charge in [0, 0.05) is 6.04 Å². The Balaban J connectivity index is 0.00000256. The quantitative estimate of drug-likeness (QED) is 0.865. The molecule has 0 unspecified atom stereocenters. The molecule has 5 nitrogen and oxygen atoms in total. The van der Waals surface area contributed by atoms with E-state index in [1.54, 1.807) is 0 Å². The van der Waals surface area contributed by atoms with E-state index in [4.69, 9.17) is 10.8 Å². The summed E-state index contributed by atoms with van der Waals surface area (Å²) in [6.07, 6.45) is -4.76. The van der Waals surface area contributed by atoms with E-state index in [-0.39, 0.29) is 12.4 Å². The molecule has 1 aromatic heterocycles. The molecule has 1 aromatic rings. The Hall–Kier alpha value is -1.44. The van der Waals surface area contributed by atoms with Crippen LogP contribution in [0.25, 0.3) is 0 Å².